The highest BCUT2D eigenvalue weighted by Crippen LogP contribution is 2.34. The number of hydrogen-bond acceptors (Lipinski definition) is 8. The van der Waals surface area contributed by atoms with Gasteiger partial charge in [-0.15, -0.1) is 27.2 Å². The topological polar surface area (TPSA) is 100 Å². The fraction of sp³-hybridized carbons (Fsp3) is 0.478. The second kappa shape index (κ2) is 8.78. The molecular formula is C23H31BrN6O2. The number of phenols is 1. The number of benzene rings is 1. The maximum atomic E-state index is 10.5. The molecule has 4 rings (SSSR count). The van der Waals surface area contributed by atoms with E-state index >= 15 is 0 Å². The Bertz CT molecular complexity index is 1060. The van der Waals surface area contributed by atoms with Crippen molar-refractivity contribution in [1.82, 2.24) is 25.5 Å². The number of hydrogen-bond donors (Lipinski definition) is 2. The predicted octanol–water partition coefficient (Wildman–Crippen LogP) is 4.53. The molecule has 0 radical (unpaired) electrons. The summed E-state index contributed by atoms with van der Waals surface area (Å²) in [5.41, 5.74) is 1.83. The van der Waals surface area contributed by atoms with Gasteiger partial charge in [-0.2, -0.15) is 0 Å². The lowest BCUT2D eigenvalue weighted by Gasteiger charge is -2.48. The van der Waals surface area contributed by atoms with Crippen LogP contribution in [0.25, 0.3) is 22.7 Å². The Hall–Kier alpha value is -2.52. The fourth-order valence-corrected chi connectivity index (χ4v) is 4.63. The fourth-order valence-electron chi connectivity index (χ4n) is 4.63. The smallest absolute Gasteiger partial charge is 0.245 e. The lowest BCUT2D eigenvalue weighted by molar-refractivity contribution is 0.160. The van der Waals surface area contributed by atoms with Crippen LogP contribution in [0.2, 0.25) is 0 Å². The van der Waals surface area contributed by atoms with Crippen molar-refractivity contribution in [1.29, 1.82) is 0 Å². The molecule has 32 heavy (non-hydrogen) atoms. The van der Waals surface area contributed by atoms with E-state index in [1.165, 1.54) is 0 Å². The highest BCUT2D eigenvalue weighted by atomic mass is 79.9. The van der Waals surface area contributed by atoms with E-state index in [1.54, 1.807) is 24.5 Å². The number of aryl methyl sites for hydroxylation is 1. The molecule has 0 atom stereocenters. The molecule has 9 heteroatoms. The molecule has 0 bridgehead atoms. The minimum absolute atomic E-state index is 0. The quantitative estimate of drug-likeness (QED) is 0.536. The molecule has 3 aromatic rings. The van der Waals surface area contributed by atoms with Gasteiger partial charge in [-0.05, 0) is 65.7 Å². The summed E-state index contributed by atoms with van der Waals surface area (Å²) >= 11 is 0. The maximum absolute atomic E-state index is 10.5. The Morgan fingerprint density at radius 2 is 1.75 bits per heavy atom. The van der Waals surface area contributed by atoms with Crippen molar-refractivity contribution in [2.45, 2.75) is 64.6 Å². The van der Waals surface area contributed by atoms with Crippen LogP contribution >= 0.6 is 17.0 Å². The van der Waals surface area contributed by atoms with Crippen LogP contribution in [-0.2, 0) is 0 Å². The number of rotatable bonds is 4. The van der Waals surface area contributed by atoms with E-state index < -0.39 is 0 Å². The van der Waals surface area contributed by atoms with Gasteiger partial charge in [-0.25, -0.2) is 9.97 Å². The molecule has 0 spiro atoms. The van der Waals surface area contributed by atoms with E-state index in [1.807, 2.05) is 20.0 Å². The molecule has 0 amide bonds. The van der Waals surface area contributed by atoms with Crippen LogP contribution in [0.1, 0.15) is 46.3 Å². The molecule has 1 saturated heterocycles. The Morgan fingerprint density at radius 3 is 2.28 bits per heavy atom. The third-order valence-corrected chi connectivity index (χ3v) is 5.72. The number of aromatic hydroxyl groups is 1. The van der Waals surface area contributed by atoms with Crippen molar-refractivity contribution in [2.75, 3.05) is 11.9 Å². The molecule has 0 unspecified atom stereocenters. The second-order valence-corrected chi connectivity index (χ2v) is 9.72. The number of aromatic nitrogens is 4. The Morgan fingerprint density at radius 1 is 1.06 bits per heavy atom. The van der Waals surface area contributed by atoms with E-state index in [9.17, 15) is 5.11 Å². The number of phenolic OH excluding ortho intramolecular Hbond substituents is 1. The average molecular weight is 503 g/mol. The summed E-state index contributed by atoms with van der Waals surface area (Å²) < 4.78 is 5.53. The number of oxazole rings is 1. The molecule has 0 saturated carbocycles. The zero-order valence-electron chi connectivity index (χ0n) is 19.4. The normalized spacial score (nSPS) is 17.6. The number of halogens is 1. The summed E-state index contributed by atoms with van der Waals surface area (Å²) in [6.07, 6.45) is 5.27. The minimum Gasteiger partial charge on any atom is -0.507 e. The molecule has 1 aliphatic heterocycles. The Kier molecular flexibility index (Phi) is 6.62. The minimum atomic E-state index is 0. The van der Waals surface area contributed by atoms with Gasteiger partial charge >= 0.3 is 0 Å². The van der Waals surface area contributed by atoms with Gasteiger partial charge in [0.2, 0.25) is 11.8 Å². The molecule has 3 heterocycles. The van der Waals surface area contributed by atoms with Gasteiger partial charge in [0.1, 0.15) is 17.2 Å². The first kappa shape index (κ1) is 24.1. The maximum Gasteiger partial charge on any atom is 0.245 e. The summed E-state index contributed by atoms with van der Waals surface area (Å²) in [5, 5.41) is 22.9. The first-order valence-corrected chi connectivity index (χ1v) is 10.5. The molecule has 2 aromatic heterocycles. The number of anilines is 1. The van der Waals surface area contributed by atoms with E-state index in [-0.39, 0.29) is 33.8 Å². The highest BCUT2D eigenvalue weighted by molar-refractivity contribution is 8.93. The van der Waals surface area contributed by atoms with Crippen molar-refractivity contribution in [3.63, 3.8) is 0 Å². The monoisotopic (exact) mass is 502 g/mol. The van der Waals surface area contributed by atoms with Gasteiger partial charge in [-0.3, -0.25) is 0 Å². The van der Waals surface area contributed by atoms with Crippen molar-refractivity contribution in [3.05, 3.63) is 36.4 Å². The highest BCUT2D eigenvalue weighted by Gasteiger charge is 2.39. The first-order chi connectivity index (χ1) is 14.5. The number of nitrogens with one attached hydrogen (secondary N) is 1. The van der Waals surface area contributed by atoms with Crippen molar-refractivity contribution in [3.8, 4) is 28.5 Å². The number of nitrogens with zero attached hydrogens (tertiary/aromatic N) is 5. The van der Waals surface area contributed by atoms with Gasteiger partial charge in [-0.1, -0.05) is 0 Å². The van der Waals surface area contributed by atoms with Crippen LogP contribution in [0.3, 0.4) is 0 Å². The summed E-state index contributed by atoms with van der Waals surface area (Å²) in [4.78, 5) is 10.8. The van der Waals surface area contributed by atoms with E-state index in [0.717, 1.165) is 12.8 Å². The molecule has 1 aliphatic rings. The van der Waals surface area contributed by atoms with Gasteiger partial charge in [0.25, 0.3) is 0 Å². The van der Waals surface area contributed by atoms with Crippen molar-refractivity contribution in [2.24, 2.45) is 0 Å². The molecule has 8 nitrogen and oxygen atoms in total. The summed E-state index contributed by atoms with van der Waals surface area (Å²) in [6.45, 7) is 10.7. The molecule has 1 aromatic carbocycles. The van der Waals surface area contributed by atoms with Crippen molar-refractivity contribution < 1.29 is 9.52 Å². The van der Waals surface area contributed by atoms with E-state index in [2.05, 4.69) is 58.1 Å². The SMILES string of the molecule is Br.Cc1cnc(-c2ccc(-c3cnc(N(C)C4CC(C)(C)NC(C)(C)C4)nn3)c(O)c2)o1. The standard InChI is InChI=1S/C23H30N6O2.BrH/c1-14-12-24-20(31-14)15-7-8-17(19(30)9-15)18-13-25-21(27-26-18)29(6)16-10-22(2,3)28-23(4,5)11-16;/h7-9,12-13,16,28,30H,10-11H2,1-6H3;1H. The van der Waals surface area contributed by atoms with E-state index in [0.29, 0.717) is 40.5 Å². The third-order valence-electron chi connectivity index (χ3n) is 5.72. The summed E-state index contributed by atoms with van der Waals surface area (Å²) in [5.74, 6) is 1.84. The van der Waals surface area contributed by atoms with E-state index in [4.69, 9.17) is 4.42 Å². The zero-order valence-corrected chi connectivity index (χ0v) is 21.1. The average Bonchev–Trinajstić information content (AvgIpc) is 3.11. The van der Waals surface area contributed by atoms with Crippen LogP contribution in [0.5, 0.6) is 5.75 Å². The van der Waals surface area contributed by atoms with Crippen LogP contribution < -0.4 is 10.2 Å². The lowest BCUT2D eigenvalue weighted by Crippen LogP contribution is -2.62. The van der Waals surface area contributed by atoms with Crippen LogP contribution in [0, 0.1) is 6.92 Å². The van der Waals surface area contributed by atoms with Crippen LogP contribution in [-0.4, -0.2) is 49.4 Å². The van der Waals surface area contributed by atoms with Gasteiger partial charge < -0.3 is 19.7 Å². The van der Waals surface area contributed by atoms with Gasteiger partial charge in [0.15, 0.2) is 0 Å². The van der Waals surface area contributed by atoms with Crippen LogP contribution in [0.15, 0.2) is 35.0 Å². The number of piperidine rings is 1. The largest absolute Gasteiger partial charge is 0.507 e. The summed E-state index contributed by atoms with van der Waals surface area (Å²) in [6, 6.07) is 5.52. The Labute approximate surface area is 199 Å². The summed E-state index contributed by atoms with van der Waals surface area (Å²) in [7, 11) is 2.02. The van der Waals surface area contributed by atoms with Crippen molar-refractivity contribution >= 4 is 22.9 Å². The lowest BCUT2D eigenvalue weighted by atomic mass is 9.79. The Balaban J connectivity index is 0.00000289. The molecule has 172 valence electrons. The van der Waals surface area contributed by atoms with Gasteiger partial charge in [0, 0.05) is 35.3 Å². The predicted molar refractivity (Wildman–Crippen MR) is 130 cm³/mol. The third kappa shape index (κ3) is 5.10. The van der Waals surface area contributed by atoms with Crippen LogP contribution in [0.4, 0.5) is 5.95 Å². The second-order valence-electron chi connectivity index (χ2n) is 9.72. The molecule has 0 aliphatic carbocycles. The first-order valence-electron chi connectivity index (χ1n) is 10.5. The zero-order chi connectivity index (χ0) is 22.4. The van der Waals surface area contributed by atoms with Gasteiger partial charge in [0.05, 0.1) is 12.4 Å². The molecule has 2 N–H and O–H groups in total. The molecule has 1 fully saturated rings. The molecular weight excluding hydrogens is 472 g/mol.